The summed E-state index contributed by atoms with van der Waals surface area (Å²) in [6.07, 6.45) is 4.79. The molecule has 0 heterocycles. The maximum absolute atomic E-state index is 11.0. The van der Waals surface area contributed by atoms with Gasteiger partial charge in [0, 0.05) is 5.92 Å². The van der Waals surface area contributed by atoms with Crippen LogP contribution in [0.25, 0.3) is 0 Å². The first-order valence-electron chi connectivity index (χ1n) is 4.04. The Balaban J connectivity index is 2.47. The fraction of sp³-hybridized carbons (Fsp3) is 0.778. The zero-order valence-electron chi connectivity index (χ0n) is 6.81. The van der Waals surface area contributed by atoms with Gasteiger partial charge in [0.1, 0.15) is 5.78 Å². The van der Waals surface area contributed by atoms with E-state index in [0.717, 1.165) is 6.42 Å². The van der Waals surface area contributed by atoms with E-state index in [-0.39, 0.29) is 0 Å². The summed E-state index contributed by atoms with van der Waals surface area (Å²) in [5, 5.41) is 0. The Morgan fingerprint density at radius 1 is 1.50 bits per heavy atom. The predicted molar refractivity (Wildman–Crippen MR) is 41.6 cm³/mol. The van der Waals surface area contributed by atoms with Crippen molar-refractivity contribution in [2.24, 2.45) is 5.92 Å². The highest BCUT2D eigenvalue weighted by Gasteiger charge is 2.24. The van der Waals surface area contributed by atoms with Crippen molar-refractivity contribution in [2.75, 3.05) is 0 Å². The van der Waals surface area contributed by atoms with Crippen molar-refractivity contribution in [3.63, 3.8) is 0 Å². The van der Waals surface area contributed by atoms with Gasteiger partial charge in [0.2, 0.25) is 0 Å². The first kappa shape index (κ1) is 7.77. The standard InChI is InChI=1S/C9H15O/c1-7-5-3-4-6-9(7)8(2)10/h9H,3-6H2,1-2H3. The number of carbonyl (C=O) groups is 1. The molecule has 0 aliphatic heterocycles. The number of hydrogen-bond acceptors (Lipinski definition) is 1. The van der Waals surface area contributed by atoms with Gasteiger partial charge in [-0.1, -0.05) is 19.8 Å². The fourth-order valence-electron chi connectivity index (χ4n) is 1.72. The summed E-state index contributed by atoms with van der Waals surface area (Å²) in [6, 6.07) is 0. The van der Waals surface area contributed by atoms with Crippen molar-refractivity contribution in [1.29, 1.82) is 0 Å². The molecule has 0 aromatic heterocycles. The van der Waals surface area contributed by atoms with Crippen molar-refractivity contribution in [3.8, 4) is 0 Å². The average Bonchev–Trinajstić information content (AvgIpc) is 1.88. The largest absolute Gasteiger partial charge is 0.300 e. The van der Waals surface area contributed by atoms with E-state index >= 15 is 0 Å². The summed E-state index contributed by atoms with van der Waals surface area (Å²) in [5.41, 5.74) is 0. The van der Waals surface area contributed by atoms with E-state index in [1.54, 1.807) is 6.92 Å². The maximum atomic E-state index is 11.0. The minimum Gasteiger partial charge on any atom is -0.300 e. The monoisotopic (exact) mass is 139 g/mol. The molecule has 1 unspecified atom stereocenters. The van der Waals surface area contributed by atoms with Crippen molar-refractivity contribution in [2.45, 2.75) is 39.5 Å². The molecule has 0 saturated heterocycles. The minimum atomic E-state index is 0.300. The highest BCUT2D eigenvalue weighted by atomic mass is 16.1. The molecule has 1 atom stereocenters. The molecular formula is C9H15O. The van der Waals surface area contributed by atoms with E-state index in [2.05, 4.69) is 6.92 Å². The van der Waals surface area contributed by atoms with Gasteiger partial charge in [0.05, 0.1) is 0 Å². The van der Waals surface area contributed by atoms with Gasteiger partial charge in [-0.2, -0.15) is 0 Å². The number of Topliss-reactive ketones (excluding diaryl/α,β-unsaturated/α-hetero) is 1. The summed E-state index contributed by atoms with van der Waals surface area (Å²) in [5.74, 6) is 2.06. The second-order valence-electron chi connectivity index (χ2n) is 3.26. The van der Waals surface area contributed by atoms with E-state index in [4.69, 9.17) is 0 Å². The smallest absolute Gasteiger partial charge is 0.133 e. The van der Waals surface area contributed by atoms with Gasteiger partial charge < -0.3 is 0 Å². The lowest BCUT2D eigenvalue weighted by Crippen LogP contribution is -2.21. The molecule has 10 heavy (non-hydrogen) atoms. The molecular weight excluding hydrogens is 124 g/mol. The van der Waals surface area contributed by atoms with Crippen LogP contribution in [-0.4, -0.2) is 5.78 Å². The van der Waals surface area contributed by atoms with E-state index < -0.39 is 0 Å². The van der Waals surface area contributed by atoms with E-state index in [1.807, 2.05) is 0 Å². The molecule has 1 rings (SSSR count). The molecule has 1 saturated carbocycles. The van der Waals surface area contributed by atoms with Crippen LogP contribution in [0.5, 0.6) is 0 Å². The van der Waals surface area contributed by atoms with Crippen LogP contribution in [0.2, 0.25) is 0 Å². The van der Waals surface area contributed by atoms with Crippen molar-refractivity contribution in [1.82, 2.24) is 0 Å². The Bertz CT molecular complexity index is 129. The summed E-state index contributed by atoms with van der Waals surface area (Å²) >= 11 is 0. The molecule has 1 fully saturated rings. The maximum Gasteiger partial charge on any atom is 0.133 e. The normalized spacial score (nSPS) is 28.4. The van der Waals surface area contributed by atoms with Gasteiger partial charge in [-0.15, -0.1) is 0 Å². The fourth-order valence-corrected chi connectivity index (χ4v) is 1.72. The first-order valence-corrected chi connectivity index (χ1v) is 4.04. The molecule has 1 nitrogen and oxygen atoms in total. The molecule has 0 N–H and O–H groups in total. The molecule has 1 aliphatic carbocycles. The lowest BCUT2D eigenvalue weighted by Gasteiger charge is -2.25. The van der Waals surface area contributed by atoms with Crippen LogP contribution < -0.4 is 0 Å². The molecule has 1 radical (unpaired) electrons. The zero-order chi connectivity index (χ0) is 7.56. The van der Waals surface area contributed by atoms with Crippen LogP contribution in [-0.2, 0) is 4.79 Å². The zero-order valence-corrected chi connectivity index (χ0v) is 6.81. The van der Waals surface area contributed by atoms with Crippen molar-refractivity contribution < 1.29 is 4.79 Å². The van der Waals surface area contributed by atoms with E-state index in [9.17, 15) is 4.79 Å². The second-order valence-corrected chi connectivity index (χ2v) is 3.26. The van der Waals surface area contributed by atoms with Crippen LogP contribution in [0, 0.1) is 11.8 Å². The highest BCUT2D eigenvalue weighted by Crippen LogP contribution is 2.31. The molecule has 0 bridgehead atoms. The van der Waals surface area contributed by atoms with Crippen LogP contribution in [0.1, 0.15) is 39.5 Å². The third kappa shape index (κ3) is 1.59. The van der Waals surface area contributed by atoms with Gasteiger partial charge in [-0.3, -0.25) is 4.79 Å². The van der Waals surface area contributed by atoms with Crippen LogP contribution in [0.3, 0.4) is 0 Å². The van der Waals surface area contributed by atoms with E-state index in [0.29, 0.717) is 11.7 Å². The Kier molecular flexibility index (Phi) is 2.47. The quantitative estimate of drug-likeness (QED) is 0.545. The summed E-state index contributed by atoms with van der Waals surface area (Å²) in [7, 11) is 0. The predicted octanol–water partition coefficient (Wildman–Crippen LogP) is 2.36. The molecule has 57 valence electrons. The van der Waals surface area contributed by atoms with Crippen LogP contribution >= 0.6 is 0 Å². The van der Waals surface area contributed by atoms with Gasteiger partial charge in [-0.05, 0) is 25.7 Å². The lowest BCUT2D eigenvalue weighted by molar-refractivity contribution is -0.120. The lowest BCUT2D eigenvalue weighted by atomic mass is 9.78. The average molecular weight is 139 g/mol. The Morgan fingerprint density at radius 2 is 2.20 bits per heavy atom. The SMILES string of the molecule is C[C]1CCCCC1C(C)=O. The first-order chi connectivity index (χ1) is 4.72. The molecule has 0 aromatic rings. The van der Waals surface area contributed by atoms with E-state index in [1.165, 1.54) is 25.2 Å². The molecule has 1 heteroatoms. The number of carbonyl (C=O) groups excluding carboxylic acids is 1. The number of hydrogen-bond donors (Lipinski definition) is 0. The Hall–Kier alpha value is -0.330. The van der Waals surface area contributed by atoms with Gasteiger partial charge in [0.15, 0.2) is 0 Å². The van der Waals surface area contributed by atoms with Gasteiger partial charge in [-0.25, -0.2) is 0 Å². The van der Waals surface area contributed by atoms with Gasteiger partial charge >= 0.3 is 0 Å². The summed E-state index contributed by atoms with van der Waals surface area (Å²) in [6.45, 7) is 3.82. The van der Waals surface area contributed by atoms with Crippen molar-refractivity contribution in [3.05, 3.63) is 5.92 Å². The molecule has 0 aromatic carbocycles. The van der Waals surface area contributed by atoms with Crippen LogP contribution in [0.4, 0.5) is 0 Å². The van der Waals surface area contributed by atoms with Crippen molar-refractivity contribution >= 4 is 5.78 Å². The number of rotatable bonds is 1. The Morgan fingerprint density at radius 3 is 2.60 bits per heavy atom. The molecule has 1 aliphatic rings. The summed E-state index contributed by atoms with van der Waals surface area (Å²) < 4.78 is 0. The number of ketones is 1. The minimum absolute atomic E-state index is 0.300. The Labute approximate surface area is 62.8 Å². The summed E-state index contributed by atoms with van der Waals surface area (Å²) in [4.78, 5) is 11.0. The topological polar surface area (TPSA) is 17.1 Å². The highest BCUT2D eigenvalue weighted by molar-refractivity contribution is 5.80. The third-order valence-corrected chi connectivity index (χ3v) is 2.40. The molecule has 0 amide bonds. The van der Waals surface area contributed by atoms with Gasteiger partial charge in [0.25, 0.3) is 0 Å². The third-order valence-electron chi connectivity index (χ3n) is 2.40. The van der Waals surface area contributed by atoms with Crippen LogP contribution in [0.15, 0.2) is 0 Å². The molecule has 0 spiro atoms. The second kappa shape index (κ2) is 3.18.